The third-order valence-corrected chi connectivity index (χ3v) is 3.67. The van der Waals surface area contributed by atoms with Crippen LogP contribution in [-0.2, 0) is 4.79 Å². The molecular weight excluding hydrogens is 214 g/mol. The molecule has 2 unspecified atom stereocenters. The highest BCUT2D eigenvalue weighted by atomic mass is 16.4. The molecule has 3 heteroatoms. The van der Waals surface area contributed by atoms with Crippen molar-refractivity contribution < 1.29 is 9.90 Å². The largest absolute Gasteiger partial charge is 0.478 e. The van der Waals surface area contributed by atoms with Gasteiger partial charge in [0.05, 0.1) is 0 Å². The molecule has 2 N–H and O–H groups in total. The second-order valence-electron chi connectivity index (χ2n) is 5.11. The van der Waals surface area contributed by atoms with Gasteiger partial charge in [0.15, 0.2) is 0 Å². The van der Waals surface area contributed by atoms with E-state index in [2.05, 4.69) is 12.2 Å². The fourth-order valence-electron chi connectivity index (χ4n) is 2.42. The maximum absolute atomic E-state index is 10.8. The number of carbonyl (C=O) groups is 1. The average molecular weight is 239 g/mol. The second-order valence-corrected chi connectivity index (χ2v) is 5.11. The van der Waals surface area contributed by atoms with Gasteiger partial charge in [-0.15, -0.1) is 0 Å². The van der Waals surface area contributed by atoms with E-state index in [1.54, 1.807) is 0 Å². The highest BCUT2D eigenvalue weighted by Gasteiger charge is 2.15. The fourth-order valence-corrected chi connectivity index (χ4v) is 2.42. The zero-order valence-corrected chi connectivity index (χ0v) is 11.0. The minimum Gasteiger partial charge on any atom is -0.478 e. The van der Waals surface area contributed by atoms with Crippen LogP contribution >= 0.6 is 0 Å². The summed E-state index contributed by atoms with van der Waals surface area (Å²) in [7, 11) is 0. The molecule has 1 fully saturated rings. The minimum atomic E-state index is -0.788. The van der Waals surface area contributed by atoms with E-state index in [0.717, 1.165) is 5.92 Å². The lowest BCUT2D eigenvalue weighted by Gasteiger charge is -2.15. The van der Waals surface area contributed by atoms with Gasteiger partial charge in [0.25, 0.3) is 0 Å². The molecule has 0 aliphatic heterocycles. The molecule has 0 aromatic carbocycles. The quantitative estimate of drug-likeness (QED) is 0.573. The number of carboxylic acid groups (broad SMARTS) is 1. The Kier molecular flexibility index (Phi) is 6.27. The highest BCUT2D eigenvalue weighted by Crippen LogP contribution is 2.22. The first-order valence-electron chi connectivity index (χ1n) is 6.79. The van der Waals surface area contributed by atoms with E-state index >= 15 is 0 Å². The Morgan fingerprint density at radius 1 is 1.35 bits per heavy atom. The molecule has 0 amide bonds. The summed E-state index contributed by atoms with van der Waals surface area (Å²) >= 11 is 0. The lowest BCUT2D eigenvalue weighted by molar-refractivity contribution is -0.132. The van der Waals surface area contributed by atoms with E-state index in [-0.39, 0.29) is 0 Å². The van der Waals surface area contributed by atoms with Crippen LogP contribution in [0.25, 0.3) is 0 Å². The van der Waals surface area contributed by atoms with Crippen molar-refractivity contribution in [1.29, 1.82) is 0 Å². The topological polar surface area (TPSA) is 49.3 Å². The van der Waals surface area contributed by atoms with Crippen molar-refractivity contribution in [2.24, 2.45) is 5.92 Å². The van der Waals surface area contributed by atoms with Crippen LogP contribution in [0.4, 0.5) is 0 Å². The van der Waals surface area contributed by atoms with Crippen molar-refractivity contribution in [3.8, 4) is 0 Å². The number of aliphatic carboxylic acids is 1. The maximum Gasteiger partial charge on any atom is 0.331 e. The molecule has 0 bridgehead atoms. The first-order valence-corrected chi connectivity index (χ1v) is 6.79. The Balaban J connectivity index is 2.32. The molecule has 1 aliphatic carbocycles. The SMILES string of the molecule is CCC(=CCNC1CCCC(C)CC1)C(=O)O. The number of nitrogens with one attached hydrogen (secondary N) is 1. The van der Waals surface area contributed by atoms with Crippen LogP contribution in [0.3, 0.4) is 0 Å². The zero-order chi connectivity index (χ0) is 12.7. The van der Waals surface area contributed by atoms with Gasteiger partial charge < -0.3 is 10.4 Å². The van der Waals surface area contributed by atoms with Crippen LogP contribution in [0.2, 0.25) is 0 Å². The fraction of sp³-hybridized carbons (Fsp3) is 0.786. The molecule has 0 saturated heterocycles. The van der Waals surface area contributed by atoms with Gasteiger partial charge in [-0.25, -0.2) is 4.79 Å². The maximum atomic E-state index is 10.8. The van der Waals surface area contributed by atoms with Gasteiger partial charge in [0.1, 0.15) is 0 Å². The first kappa shape index (κ1) is 14.2. The Morgan fingerprint density at radius 3 is 2.76 bits per heavy atom. The van der Waals surface area contributed by atoms with Gasteiger partial charge in [-0.1, -0.05) is 32.8 Å². The van der Waals surface area contributed by atoms with Crippen LogP contribution in [0.15, 0.2) is 11.6 Å². The van der Waals surface area contributed by atoms with Gasteiger partial charge in [0, 0.05) is 18.2 Å². The third kappa shape index (κ3) is 5.35. The lowest BCUT2D eigenvalue weighted by atomic mass is 10.0. The van der Waals surface area contributed by atoms with Gasteiger partial charge in [-0.2, -0.15) is 0 Å². The Bertz CT molecular complexity index is 273. The summed E-state index contributed by atoms with van der Waals surface area (Å²) < 4.78 is 0. The molecule has 1 saturated carbocycles. The summed E-state index contributed by atoms with van der Waals surface area (Å²) in [6.07, 6.45) is 8.79. The molecule has 1 rings (SSSR count). The molecule has 1 aliphatic rings. The number of hydrogen-bond donors (Lipinski definition) is 2. The summed E-state index contributed by atoms with van der Waals surface area (Å²) in [5.74, 6) is 0.0614. The smallest absolute Gasteiger partial charge is 0.331 e. The van der Waals surface area contributed by atoms with Gasteiger partial charge in [-0.05, 0) is 31.6 Å². The molecule has 0 aromatic heterocycles. The lowest BCUT2D eigenvalue weighted by Crippen LogP contribution is -2.29. The number of hydrogen-bond acceptors (Lipinski definition) is 2. The average Bonchev–Trinajstić information content (AvgIpc) is 2.49. The van der Waals surface area contributed by atoms with Crippen molar-refractivity contribution in [3.05, 3.63) is 11.6 Å². The highest BCUT2D eigenvalue weighted by molar-refractivity contribution is 5.86. The standard InChI is InChI=1S/C14H25NO2/c1-3-12(14(16)17)9-10-15-13-6-4-5-11(2)7-8-13/h9,11,13,15H,3-8,10H2,1-2H3,(H,16,17). The van der Waals surface area contributed by atoms with E-state index in [0.29, 0.717) is 24.6 Å². The number of rotatable bonds is 5. The summed E-state index contributed by atoms with van der Waals surface area (Å²) in [6, 6.07) is 0.572. The summed E-state index contributed by atoms with van der Waals surface area (Å²) in [5, 5.41) is 12.4. The number of carboxylic acids is 1. The van der Waals surface area contributed by atoms with E-state index in [1.807, 2.05) is 13.0 Å². The summed E-state index contributed by atoms with van der Waals surface area (Å²) in [6.45, 7) is 4.89. The van der Waals surface area contributed by atoms with E-state index in [9.17, 15) is 4.79 Å². The Labute approximate surface area is 104 Å². The van der Waals surface area contributed by atoms with Crippen LogP contribution in [0.1, 0.15) is 52.4 Å². The molecule has 2 atom stereocenters. The Hall–Kier alpha value is -0.830. The normalized spacial score (nSPS) is 26.6. The summed E-state index contributed by atoms with van der Waals surface area (Å²) in [4.78, 5) is 10.8. The molecule has 98 valence electrons. The van der Waals surface area contributed by atoms with Crippen molar-refractivity contribution in [2.45, 2.75) is 58.4 Å². The van der Waals surface area contributed by atoms with Crippen molar-refractivity contribution in [1.82, 2.24) is 5.32 Å². The van der Waals surface area contributed by atoms with Crippen molar-refractivity contribution in [3.63, 3.8) is 0 Å². The van der Waals surface area contributed by atoms with Gasteiger partial charge >= 0.3 is 5.97 Å². The predicted molar refractivity (Wildman–Crippen MR) is 70.0 cm³/mol. The van der Waals surface area contributed by atoms with Crippen LogP contribution in [0.5, 0.6) is 0 Å². The summed E-state index contributed by atoms with van der Waals surface area (Å²) in [5.41, 5.74) is 0.513. The van der Waals surface area contributed by atoms with E-state index in [4.69, 9.17) is 5.11 Å². The van der Waals surface area contributed by atoms with Crippen molar-refractivity contribution >= 4 is 5.97 Å². The van der Waals surface area contributed by atoms with Crippen molar-refractivity contribution in [2.75, 3.05) is 6.54 Å². The monoisotopic (exact) mass is 239 g/mol. The van der Waals surface area contributed by atoms with Crippen LogP contribution in [-0.4, -0.2) is 23.7 Å². The molecule has 0 spiro atoms. The van der Waals surface area contributed by atoms with Gasteiger partial charge in [-0.3, -0.25) is 0 Å². The molecule has 17 heavy (non-hydrogen) atoms. The van der Waals surface area contributed by atoms with Crippen LogP contribution < -0.4 is 5.32 Å². The molecular formula is C14H25NO2. The van der Waals surface area contributed by atoms with E-state index < -0.39 is 5.97 Å². The predicted octanol–water partition coefficient (Wildman–Crippen LogP) is 2.97. The molecule has 0 radical (unpaired) electrons. The van der Waals surface area contributed by atoms with E-state index in [1.165, 1.54) is 32.1 Å². The van der Waals surface area contributed by atoms with Crippen LogP contribution in [0, 0.1) is 5.92 Å². The molecule has 3 nitrogen and oxygen atoms in total. The molecule has 0 aromatic rings. The zero-order valence-electron chi connectivity index (χ0n) is 11.0. The third-order valence-electron chi connectivity index (χ3n) is 3.67. The minimum absolute atomic E-state index is 0.513. The van der Waals surface area contributed by atoms with Gasteiger partial charge in [0.2, 0.25) is 0 Å². The Morgan fingerprint density at radius 2 is 2.12 bits per heavy atom. The second kappa shape index (κ2) is 7.49. The molecule has 0 heterocycles. The first-order chi connectivity index (χ1) is 8.13.